The summed E-state index contributed by atoms with van der Waals surface area (Å²) in [6.07, 6.45) is 10.1. The summed E-state index contributed by atoms with van der Waals surface area (Å²) in [7, 11) is 0. The van der Waals surface area contributed by atoms with Gasteiger partial charge in [-0.3, -0.25) is 4.99 Å². The summed E-state index contributed by atoms with van der Waals surface area (Å²) in [4.78, 5) is 4.58. The zero-order valence-corrected chi connectivity index (χ0v) is 14.7. The van der Waals surface area contributed by atoms with Crippen LogP contribution in [0.5, 0.6) is 0 Å². The molecule has 1 aliphatic heterocycles. The molecule has 0 aromatic heterocycles. The molecule has 122 valence electrons. The van der Waals surface area contributed by atoms with Crippen LogP contribution in [-0.4, -0.2) is 5.71 Å². The van der Waals surface area contributed by atoms with Crippen molar-refractivity contribution in [1.29, 1.82) is 5.26 Å². The van der Waals surface area contributed by atoms with E-state index in [1.54, 1.807) is 0 Å². The van der Waals surface area contributed by atoms with E-state index in [0.717, 1.165) is 33.7 Å². The second kappa shape index (κ2) is 7.18. The molecule has 2 heteroatoms. The molecule has 1 aromatic rings. The summed E-state index contributed by atoms with van der Waals surface area (Å²) in [5.41, 5.74) is 10.1. The maximum absolute atomic E-state index is 9.80. The first-order valence-electron chi connectivity index (χ1n) is 8.38. The monoisotopic (exact) mass is 324 g/mol. The van der Waals surface area contributed by atoms with Gasteiger partial charge >= 0.3 is 0 Å². The molecule has 0 bridgehead atoms. The number of allylic oxidation sites excluding steroid dienone is 9. The van der Waals surface area contributed by atoms with Gasteiger partial charge in [0.05, 0.1) is 17.3 Å². The molecule has 0 N–H and O–H groups in total. The maximum Gasteiger partial charge on any atom is 0.0976 e. The Morgan fingerprint density at radius 2 is 1.84 bits per heavy atom. The lowest BCUT2D eigenvalue weighted by atomic mass is 9.76. The SMILES string of the molecule is C/C=C1/C(C)=NC(C)=C(C#N)[C@@H]1C1=CC=C=CC=C1c1ccccc1. The number of hydrogen-bond donors (Lipinski definition) is 0. The van der Waals surface area contributed by atoms with E-state index in [1.165, 1.54) is 0 Å². The predicted octanol–water partition coefficient (Wildman–Crippen LogP) is 5.56. The summed E-state index contributed by atoms with van der Waals surface area (Å²) >= 11 is 0. The van der Waals surface area contributed by atoms with Crippen molar-refractivity contribution in [3.8, 4) is 6.07 Å². The van der Waals surface area contributed by atoms with Gasteiger partial charge in [-0.15, -0.1) is 5.73 Å². The highest BCUT2D eigenvalue weighted by Crippen LogP contribution is 2.41. The van der Waals surface area contributed by atoms with Crippen molar-refractivity contribution in [3.05, 3.63) is 94.4 Å². The van der Waals surface area contributed by atoms with Crippen LogP contribution in [-0.2, 0) is 0 Å². The van der Waals surface area contributed by atoms with E-state index in [-0.39, 0.29) is 5.92 Å². The number of hydrogen-bond acceptors (Lipinski definition) is 2. The van der Waals surface area contributed by atoms with Gasteiger partial charge < -0.3 is 0 Å². The van der Waals surface area contributed by atoms with E-state index >= 15 is 0 Å². The van der Waals surface area contributed by atoms with E-state index in [2.05, 4.69) is 47.2 Å². The Kier molecular flexibility index (Phi) is 4.80. The van der Waals surface area contributed by atoms with E-state index in [0.29, 0.717) is 5.57 Å². The zero-order chi connectivity index (χ0) is 17.8. The second-order valence-corrected chi connectivity index (χ2v) is 6.05. The fraction of sp³-hybridized carbons (Fsp3) is 0.174. The molecule has 2 aliphatic rings. The molecule has 25 heavy (non-hydrogen) atoms. The largest absolute Gasteiger partial charge is 0.257 e. The van der Waals surface area contributed by atoms with Crippen LogP contribution in [0.4, 0.5) is 0 Å². The number of nitrogens with zero attached hydrogens (tertiary/aromatic N) is 2. The average Bonchev–Trinajstić information content (AvgIpc) is 2.87. The van der Waals surface area contributed by atoms with E-state index in [9.17, 15) is 5.26 Å². The Bertz CT molecular complexity index is 951. The topological polar surface area (TPSA) is 36.1 Å². The van der Waals surface area contributed by atoms with Crippen molar-refractivity contribution in [1.82, 2.24) is 0 Å². The third-order valence-corrected chi connectivity index (χ3v) is 4.59. The molecule has 1 aliphatic carbocycles. The zero-order valence-electron chi connectivity index (χ0n) is 14.7. The van der Waals surface area contributed by atoms with Crippen LogP contribution in [0, 0.1) is 17.2 Å². The highest BCUT2D eigenvalue weighted by molar-refractivity contribution is 6.03. The van der Waals surface area contributed by atoms with Crippen LogP contribution in [0.3, 0.4) is 0 Å². The van der Waals surface area contributed by atoms with Crippen molar-refractivity contribution in [2.75, 3.05) is 0 Å². The minimum absolute atomic E-state index is 0.108. The lowest BCUT2D eigenvalue weighted by Gasteiger charge is -2.28. The minimum Gasteiger partial charge on any atom is -0.257 e. The molecule has 0 amide bonds. The van der Waals surface area contributed by atoms with Gasteiger partial charge in [-0.1, -0.05) is 36.4 Å². The third-order valence-electron chi connectivity index (χ3n) is 4.59. The Morgan fingerprint density at radius 1 is 1.12 bits per heavy atom. The molecule has 0 fully saturated rings. The van der Waals surface area contributed by atoms with Gasteiger partial charge in [0.1, 0.15) is 0 Å². The molecule has 3 rings (SSSR count). The van der Waals surface area contributed by atoms with Gasteiger partial charge in [-0.25, -0.2) is 0 Å². The van der Waals surface area contributed by atoms with Crippen LogP contribution in [0.2, 0.25) is 0 Å². The maximum atomic E-state index is 9.80. The van der Waals surface area contributed by atoms with E-state index < -0.39 is 0 Å². The summed E-state index contributed by atoms with van der Waals surface area (Å²) in [5, 5.41) is 9.80. The lowest BCUT2D eigenvalue weighted by molar-refractivity contribution is 0.881. The minimum atomic E-state index is -0.108. The van der Waals surface area contributed by atoms with Gasteiger partial charge in [0.25, 0.3) is 0 Å². The number of nitriles is 1. The van der Waals surface area contributed by atoms with Crippen molar-refractivity contribution >= 4 is 11.3 Å². The van der Waals surface area contributed by atoms with Gasteiger partial charge in [0, 0.05) is 11.6 Å². The number of benzene rings is 1. The van der Waals surface area contributed by atoms with E-state index in [1.807, 2.05) is 51.1 Å². The molecule has 0 spiro atoms. The summed E-state index contributed by atoms with van der Waals surface area (Å²) in [6.45, 7) is 5.93. The van der Waals surface area contributed by atoms with Crippen molar-refractivity contribution in [2.24, 2.45) is 10.9 Å². The molecule has 2 nitrogen and oxygen atoms in total. The predicted molar refractivity (Wildman–Crippen MR) is 104 cm³/mol. The second-order valence-electron chi connectivity index (χ2n) is 6.05. The van der Waals surface area contributed by atoms with Crippen LogP contribution >= 0.6 is 0 Å². The Morgan fingerprint density at radius 3 is 2.52 bits per heavy atom. The quantitative estimate of drug-likeness (QED) is 0.656. The molecular weight excluding hydrogens is 304 g/mol. The standard InChI is InChI=1S/C23H20N2/c1-4-19-16(2)25-17(3)22(15-24)23(19)21-14-10-6-9-13-20(21)18-11-7-5-8-12-18/h4-5,7-14,23H,1-3H3/b19-4-/t23-/m0/s1. The third kappa shape index (κ3) is 3.11. The van der Waals surface area contributed by atoms with Crippen molar-refractivity contribution in [3.63, 3.8) is 0 Å². The molecule has 0 unspecified atom stereocenters. The average molecular weight is 324 g/mol. The Balaban J connectivity index is 2.21. The van der Waals surface area contributed by atoms with Gasteiger partial charge in [0.15, 0.2) is 0 Å². The van der Waals surface area contributed by atoms with Crippen LogP contribution in [0.15, 0.2) is 93.9 Å². The normalized spacial score (nSPS) is 21.4. The summed E-state index contributed by atoms with van der Waals surface area (Å²) in [5.74, 6) is -0.108. The first-order valence-corrected chi connectivity index (χ1v) is 8.38. The molecule has 0 saturated heterocycles. The summed E-state index contributed by atoms with van der Waals surface area (Å²) < 4.78 is 0. The molecule has 0 saturated carbocycles. The number of aliphatic imine (C=N–C) groups is 1. The number of rotatable bonds is 2. The first kappa shape index (κ1) is 16.7. The van der Waals surface area contributed by atoms with E-state index in [4.69, 9.17) is 0 Å². The van der Waals surface area contributed by atoms with Gasteiger partial charge in [-0.05, 0) is 67.4 Å². The molecule has 1 aromatic carbocycles. The molecular formula is C23H20N2. The molecule has 1 atom stereocenters. The fourth-order valence-corrected chi connectivity index (χ4v) is 3.44. The van der Waals surface area contributed by atoms with Crippen LogP contribution < -0.4 is 0 Å². The van der Waals surface area contributed by atoms with Crippen LogP contribution in [0.25, 0.3) is 5.57 Å². The highest BCUT2D eigenvalue weighted by Gasteiger charge is 2.31. The Hall–Kier alpha value is -3.14. The van der Waals surface area contributed by atoms with Crippen molar-refractivity contribution in [2.45, 2.75) is 20.8 Å². The smallest absolute Gasteiger partial charge is 0.0976 e. The van der Waals surface area contributed by atoms with Crippen LogP contribution in [0.1, 0.15) is 26.3 Å². The van der Waals surface area contributed by atoms with Gasteiger partial charge in [0.2, 0.25) is 0 Å². The highest BCUT2D eigenvalue weighted by atomic mass is 14.8. The molecule has 0 radical (unpaired) electrons. The van der Waals surface area contributed by atoms with Crippen molar-refractivity contribution < 1.29 is 0 Å². The summed E-state index contributed by atoms with van der Waals surface area (Å²) in [6, 6.07) is 12.7. The molecule has 1 heterocycles. The van der Waals surface area contributed by atoms with Gasteiger partial charge in [-0.2, -0.15) is 5.26 Å². The lowest BCUT2D eigenvalue weighted by Crippen LogP contribution is -2.21. The Labute approximate surface area is 149 Å². The first-order chi connectivity index (χ1) is 12.2. The fourth-order valence-electron chi connectivity index (χ4n) is 3.44.